The van der Waals surface area contributed by atoms with Crippen LogP contribution in [0.25, 0.3) is 11.3 Å². The molecule has 0 saturated carbocycles. The summed E-state index contributed by atoms with van der Waals surface area (Å²) in [5.41, 5.74) is 5.06. The zero-order chi connectivity index (χ0) is 12.4. The minimum atomic E-state index is 0.768. The van der Waals surface area contributed by atoms with E-state index in [4.69, 9.17) is 4.42 Å². The Morgan fingerprint density at radius 3 is 2.29 bits per heavy atom. The van der Waals surface area contributed by atoms with Crippen LogP contribution in [0, 0.1) is 20.8 Å². The highest BCUT2D eigenvalue weighted by Crippen LogP contribution is 2.29. The van der Waals surface area contributed by atoms with E-state index in [2.05, 4.69) is 44.3 Å². The smallest absolute Gasteiger partial charge is 0.134 e. The van der Waals surface area contributed by atoms with Gasteiger partial charge in [0, 0.05) is 5.56 Å². The summed E-state index contributed by atoms with van der Waals surface area (Å²) in [5, 5.41) is 3.09. The van der Waals surface area contributed by atoms with Crippen LogP contribution in [0.3, 0.4) is 0 Å². The molecule has 0 aliphatic heterocycles. The van der Waals surface area contributed by atoms with Gasteiger partial charge in [-0.25, -0.2) is 0 Å². The van der Waals surface area contributed by atoms with Crippen LogP contribution in [0.15, 0.2) is 28.7 Å². The van der Waals surface area contributed by atoms with Crippen LogP contribution in [0.2, 0.25) is 0 Å². The van der Waals surface area contributed by atoms with Crippen LogP contribution in [0.4, 0.5) is 0 Å². The van der Waals surface area contributed by atoms with Gasteiger partial charge in [0.25, 0.3) is 0 Å². The molecule has 2 heteroatoms. The lowest BCUT2D eigenvalue weighted by Gasteiger charge is -2.08. The molecule has 17 heavy (non-hydrogen) atoms. The van der Waals surface area contributed by atoms with E-state index in [9.17, 15) is 0 Å². The fraction of sp³-hybridized carbons (Fsp3) is 0.333. The van der Waals surface area contributed by atoms with Crippen molar-refractivity contribution in [2.75, 3.05) is 7.05 Å². The van der Waals surface area contributed by atoms with Crippen molar-refractivity contribution in [3.8, 4) is 11.3 Å². The van der Waals surface area contributed by atoms with Gasteiger partial charge in [-0.2, -0.15) is 0 Å². The molecule has 1 N–H and O–H groups in total. The molecule has 0 unspecified atom stereocenters. The summed E-state index contributed by atoms with van der Waals surface area (Å²) >= 11 is 0. The van der Waals surface area contributed by atoms with E-state index in [0.717, 1.165) is 18.1 Å². The second-order valence-corrected chi connectivity index (χ2v) is 4.57. The third-order valence-corrected chi connectivity index (χ3v) is 2.94. The van der Waals surface area contributed by atoms with E-state index in [1.807, 2.05) is 13.1 Å². The molecule has 0 aliphatic rings. The lowest BCUT2D eigenvalue weighted by Crippen LogP contribution is -2.03. The molecule has 0 aliphatic carbocycles. The lowest BCUT2D eigenvalue weighted by atomic mass is 9.98. The van der Waals surface area contributed by atoms with Crippen LogP contribution < -0.4 is 5.32 Å². The highest BCUT2D eigenvalue weighted by atomic mass is 16.3. The number of aryl methyl sites for hydroxylation is 3. The molecule has 2 aromatic rings. The first-order valence-corrected chi connectivity index (χ1v) is 5.93. The molecule has 0 atom stereocenters. The van der Waals surface area contributed by atoms with Gasteiger partial charge in [-0.1, -0.05) is 17.7 Å². The van der Waals surface area contributed by atoms with E-state index >= 15 is 0 Å². The Morgan fingerprint density at radius 1 is 1.06 bits per heavy atom. The third-order valence-electron chi connectivity index (χ3n) is 2.94. The van der Waals surface area contributed by atoms with Crippen molar-refractivity contribution >= 4 is 0 Å². The second-order valence-electron chi connectivity index (χ2n) is 4.57. The van der Waals surface area contributed by atoms with Crippen molar-refractivity contribution in [3.05, 3.63) is 46.7 Å². The zero-order valence-electron chi connectivity index (χ0n) is 10.9. The average Bonchev–Trinajstić information content (AvgIpc) is 2.65. The van der Waals surface area contributed by atoms with Crippen molar-refractivity contribution in [1.82, 2.24) is 5.32 Å². The monoisotopic (exact) mass is 229 g/mol. The Balaban J connectivity index is 2.45. The summed E-state index contributed by atoms with van der Waals surface area (Å²) in [7, 11) is 1.92. The molecule has 0 bridgehead atoms. The molecule has 90 valence electrons. The SMILES string of the molecule is CNCc1ccc(-c2c(C)cc(C)cc2C)o1. The van der Waals surface area contributed by atoms with Crippen LogP contribution in [-0.2, 0) is 6.54 Å². The van der Waals surface area contributed by atoms with Gasteiger partial charge in [0.2, 0.25) is 0 Å². The van der Waals surface area contributed by atoms with Crippen LogP contribution in [0.5, 0.6) is 0 Å². The first-order chi connectivity index (χ1) is 8.11. The molecule has 0 amide bonds. The van der Waals surface area contributed by atoms with Crippen molar-refractivity contribution < 1.29 is 4.42 Å². The minimum Gasteiger partial charge on any atom is -0.460 e. The van der Waals surface area contributed by atoms with Gasteiger partial charge in [0.05, 0.1) is 6.54 Å². The summed E-state index contributed by atoms with van der Waals surface area (Å²) < 4.78 is 5.85. The van der Waals surface area contributed by atoms with E-state index in [1.54, 1.807) is 0 Å². The maximum Gasteiger partial charge on any atom is 0.134 e. The second kappa shape index (κ2) is 4.76. The van der Waals surface area contributed by atoms with Gasteiger partial charge in [-0.15, -0.1) is 0 Å². The van der Waals surface area contributed by atoms with Gasteiger partial charge in [0.15, 0.2) is 0 Å². The number of hydrogen-bond acceptors (Lipinski definition) is 2. The lowest BCUT2D eigenvalue weighted by molar-refractivity contribution is 0.506. The van der Waals surface area contributed by atoms with Crippen molar-refractivity contribution in [1.29, 1.82) is 0 Å². The van der Waals surface area contributed by atoms with Crippen molar-refractivity contribution in [2.45, 2.75) is 27.3 Å². The highest BCUT2D eigenvalue weighted by Gasteiger charge is 2.10. The maximum absolute atomic E-state index is 5.85. The molecular weight excluding hydrogens is 210 g/mol. The van der Waals surface area contributed by atoms with Crippen LogP contribution >= 0.6 is 0 Å². The fourth-order valence-electron chi connectivity index (χ4n) is 2.35. The minimum absolute atomic E-state index is 0.768. The molecule has 0 spiro atoms. The number of nitrogens with one attached hydrogen (secondary N) is 1. The molecule has 0 saturated heterocycles. The maximum atomic E-state index is 5.85. The number of rotatable bonds is 3. The summed E-state index contributed by atoms with van der Waals surface area (Å²) in [6, 6.07) is 8.48. The highest BCUT2D eigenvalue weighted by molar-refractivity contribution is 5.67. The summed E-state index contributed by atoms with van der Waals surface area (Å²) in [5.74, 6) is 1.94. The number of hydrogen-bond donors (Lipinski definition) is 1. The van der Waals surface area contributed by atoms with Gasteiger partial charge in [-0.05, 0) is 51.1 Å². The van der Waals surface area contributed by atoms with Crippen LogP contribution in [-0.4, -0.2) is 7.05 Å². The van der Waals surface area contributed by atoms with E-state index < -0.39 is 0 Å². The quantitative estimate of drug-likeness (QED) is 0.870. The molecule has 0 radical (unpaired) electrons. The van der Waals surface area contributed by atoms with Crippen molar-refractivity contribution in [2.24, 2.45) is 0 Å². The Labute approximate surface area is 103 Å². The Kier molecular flexibility index (Phi) is 3.34. The average molecular weight is 229 g/mol. The topological polar surface area (TPSA) is 25.2 Å². The van der Waals surface area contributed by atoms with E-state index in [0.29, 0.717) is 0 Å². The first kappa shape index (κ1) is 11.9. The molecule has 1 aromatic heterocycles. The summed E-state index contributed by atoms with van der Waals surface area (Å²) in [6.45, 7) is 7.16. The molecule has 0 fully saturated rings. The third kappa shape index (κ3) is 2.42. The number of furan rings is 1. The predicted octanol–water partition coefficient (Wildman–Crippen LogP) is 3.59. The van der Waals surface area contributed by atoms with Gasteiger partial charge < -0.3 is 9.73 Å². The first-order valence-electron chi connectivity index (χ1n) is 5.93. The summed E-state index contributed by atoms with van der Waals surface area (Å²) in [6.07, 6.45) is 0. The molecule has 1 aromatic carbocycles. The van der Waals surface area contributed by atoms with Gasteiger partial charge in [0.1, 0.15) is 11.5 Å². The van der Waals surface area contributed by atoms with Crippen LogP contribution in [0.1, 0.15) is 22.5 Å². The van der Waals surface area contributed by atoms with E-state index in [-0.39, 0.29) is 0 Å². The Hall–Kier alpha value is -1.54. The summed E-state index contributed by atoms with van der Waals surface area (Å²) in [4.78, 5) is 0. The van der Waals surface area contributed by atoms with E-state index in [1.165, 1.54) is 22.3 Å². The largest absolute Gasteiger partial charge is 0.460 e. The molecule has 2 rings (SSSR count). The standard InChI is InChI=1S/C15H19NO/c1-10-7-11(2)15(12(3)8-10)14-6-5-13(17-14)9-16-4/h5-8,16H,9H2,1-4H3. The number of benzene rings is 1. The van der Waals surface area contributed by atoms with Gasteiger partial charge >= 0.3 is 0 Å². The zero-order valence-corrected chi connectivity index (χ0v) is 10.9. The van der Waals surface area contributed by atoms with Gasteiger partial charge in [-0.3, -0.25) is 0 Å². The normalized spacial score (nSPS) is 10.8. The molecular formula is C15H19NO. The Bertz CT molecular complexity index is 502. The molecule has 2 nitrogen and oxygen atoms in total. The van der Waals surface area contributed by atoms with Crippen molar-refractivity contribution in [3.63, 3.8) is 0 Å². The predicted molar refractivity (Wildman–Crippen MR) is 71.1 cm³/mol. The molecule has 1 heterocycles. The fourth-order valence-corrected chi connectivity index (χ4v) is 2.35. The Morgan fingerprint density at radius 2 is 1.71 bits per heavy atom.